The minimum Gasteiger partial charge on any atom is -0.326 e. The van der Waals surface area contributed by atoms with Gasteiger partial charge in [-0.2, -0.15) is 0 Å². The summed E-state index contributed by atoms with van der Waals surface area (Å²) in [7, 11) is 0. The summed E-state index contributed by atoms with van der Waals surface area (Å²) in [6.45, 7) is 8.74. The molecule has 1 rings (SSSR count). The fourth-order valence-electron chi connectivity index (χ4n) is 2.30. The Morgan fingerprint density at radius 1 is 1.23 bits per heavy atom. The molecule has 122 valence electrons. The molecule has 1 aromatic carbocycles. The van der Waals surface area contributed by atoms with Crippen LogP contribution >= 0.6 is 0 Å². The highest BCUT2D eigenvalue weighted by Crippen LogP contribution is 2.21. The Morgan fingerprint density at radius 3 is 2.41 bits per heavy atom. The molecular formula is C16H25N3O3. The van der Waals surface area contributed by atoms with Gasteiger partial charge in [0, 0.05) is 25.1 Å². The molecule has 1 aromatic rings. The number of nitrogens with one attached hydrogen (secondary N) is 1. The third kappa shape index (κ3) is 5.81. The van der Waals surface area contributed by atoms with Crippen LogP contribution in [0.15, 0.2) is 18.2 Å². The smallest absolute Gasteiger partial charge is 0.271 e. The number of nitro groups is 1. The van der Waals surface area contributed by atoms with Gasteiger partial charge < -0.3 is 10.2 Å². The number of nitrogens with zero attached hydrogens (tertiary/aromatic N) is 2. The van der Waals surface area contributed by atoms with Crippen LogP contribution in [-0.4, -0.2) is 35.4 Å². The summed E-state index contributed by atoms with van der Waals surface area (Å²) >= 11 is 0. The van der Waals surface area contributed by atoms with E-state index in [2.05, 4.69) is 24.1 Å². The zero-order valence-electron chi connectivity index (χ0n) is 13.6. The number of aryl methyl sites for hydroxylation is 1. The van der Waals surface area contributed by atoms with E-state index in [0.29, 0.717) is 18.7 Å². The van der Waals surface area contributed by atoms with E-state index in [1.807, 2.05) is 6.92 Å². The number of rotatable bonds is 9. The molecule has 0 aliphatic rings. The first-order valence-corrected chi connectivity index (χ1v) is 7.75. The van der Waals surface area contributed by atoms with Gasteiger partial charge in [0.25, 0.3) is 5.69 Å². The highest BCUT2D eigenvalue weighted by atomic mass is 16.6. The molecule has 0 saturated carbocycles. The van der Waals surface area contributed by atoms with E-state index < -0.39 is 4.92 Å². The second kappa shape index (κ2) is 9.15. The van der Waals surface area contributed by atoms with E-state index in [4.69, 9.17) is 0 Å². The van der Waals surface area contributed by atoms with Crippen molar-refractivity contribution < 1.29 is 9.72 Å². The molecule has 0 fully saturated rings. The maximum Gasteiger partial charge on any atom is 0.271 e. The van der Waals surface area contributed by atoms with Crippen LogP contribution in [0, 0.1) is 17.0 Å². The maximum atomic E-state index is 12.1. The first-order chi connectivity index (χ1) is 10.5. The molecule has 0 aliphatic heterocycles. The standard InChI is InChI=1S/C16H25N3O3/c1-4-9-18(10-5-2)11-8-16(20)17-15-12-14(19(21)22)7-6-13(15)3/h6-7,12H,4-5,8-11H2,1-3H3,(H,17,20). The second-order valence-corrected chi connectivity index (χ2v) is 5.40. The van der Waals surface area contributed by atoms with Crippen LogP contribution in [0.25, 0.3) is 0 Å². The van der Waals surface area contributed by atoms with Crippen molar-refractivity contribution in [2.24, 2.45) is 0 Å². The monoisotopic (exact) mass is 307 g/mol. The second-order valence-electron chi connectivity index (χ2n) is 5.40. The summed E-state index contributed by atoms with van der Waals surface area (Å²) in [5.41, 5.74) is 1.31. The summed E-state index contributed by atoms with van der Waals surface area (Å²) in [5.74, 6) is -0.110. The summed E-state index contributed by atoms with van der Waals surface area (Å²) in [6.07, 6.45) is 2.51. The minimum absolute atomic E-state index is 0.0144. The summed E-state index contributed by atoms with van der Waals surface area (Å²) in [6, 6.07) is 4.49. The predicted octanol–water partition coefficient (Wildman–Crippen LogP) is 3.35. The van der Waals surface area contributed by atoms with Crippen LogP contribution in [0.2, 0.25) is 0 Å². The summed E-state index contributed by atoms with van der Waals surface area (Å²) in [5, 5.41) is 13.6. The third-order valence-electron chi connectivity index (χ3n) is 3.44. The van der Waals surface area contributed by atoms with Crippen LogP contribution in [-0.2, 0) is 4.79 Å². The largest absolute Gasteiger partial charge is 0.326 e. The summed E-state index contributed by atoms with van der Waals surface area (Å²) < 4.78 is 0. The minimum atomic E-state index is -0.459. The van der Waals surface area contributed by atoms with Crippen molar-refractivity contribution in [1.82, 2.24) is 4.90 Å². The van der Waals surface area contributed by atoms with E-state index in [9.17, 15) is 14.9 Å². The van der Waals surface area contributed by atoms with Crippen molar-refractivity contribution in [3.63, 3.8) is 0 Å². The Bertz CT molecular complexity index is 511. The molecule has 0 aromatic heterocycles. The Kier molecular flexibility index (Phi) is 7.52. The highest BCUT2D eigenvalue weighted by Gasteiger charge is 2.12. The number of anilines is 1. The lowest BCUT2D eigenvalue weighted by atomic mass is 10.1. The van der Waals surface area contributed by atoms with Crippen molar-refractivity contribution in [2.45, 2.75) is 40.0 Å². The Morgan fingerprint density at radius 2 is 1.86 bits per heavy atom. The number of non-ortho nitro benzene ring substituents is 1. The van der Waals surface area contributed by atoms with Gasteiger partial charge in [-0.05, 0) is 38.4 Å². The van der Waals surface area contributed by atoms with Crippen LogP contribution in [0.4, 0.5) is 11.4 Å². The molecule has 0 radical (unpaired) electrons. The van der Waals surface area contributed by atoms with Crippen molar-refractivity contribution in [2.75, 3.05) is 25.0 Å². The lowest BCUT2D eigenvalue weighted by molar-refractivity contribution is -0.384. The fraction of sp³-hybridized carbons (Fsp3) is 0.562. The molecule has 22 heavy (non-hydrogen) atoms. The van der Waals surface area contributed by atoms with E-state index in [1.54, 1.807) is 6.07 Å². The van der Waals surface area contributed by atoms with Crippen LogP contribution in [0.3, 0.4) is 0 Å². The van der Waals surface area contributed by atoms with Gasteiger partial charge >= 0.3 is 0 Å². The Labute approximate surface area is 131 Å². The zero-order chi connectivity index (χ0) is 16.5. The third-order valence-corrected chi connectivity index (χ3v) is 3.44. The Hall–Kier alpha value is -1.95. The van der Waals surface area contributed by atoms with E-state index >= 15 is 0 Å². The first kappa shape index (κ1) is 18.1. The molecule has 0 bridgehead atoms. The molecule has 0 saturated heterocycles. The maximum absolute atomic E-state index is 12.1. The van der Waals surface area contributed by atoms with Gasteiger partial charge in [0.15, 0.2) is 0 Å². The molecule has 0 aliphatic carbocycles. The number of hydrogen-bond donors (Lipinski definition) is 1. The fourth-order valence-corrected chi connectivity index (χ4v) is 2.30. The number of hydrogen-bond acceptors (Lipinski definition) is 4. The van der Waals surface area contributed by atoms with Gasteiger partial charge in [-0.25, -0.2) is 0 Å². The summed E-state index contributed by atoms with van der Waals surface area (Å²) in [4.78, 5) is 24.7. The van der Waals surface area contributed by atoms with Crippen molar-refractivity contribution >= 4 is 17.3 Å². The van der Waals surface area contributed by atoms with Gasteiger partial charge in [0.1, 0.15) is 0 Å². The molecule has 0 unspecified atom stereocenters. The van der Waals surface area contributed by atoms with Gasteiger partial charge in [-0.1, -0.05) is 19.9 Å². The number of carbonyl (C=O) groups is 1. The number of benzene rings is 1. The lowest BCUT2D eigenvalue weighted by Crippen LogP contribution is -2.29. The van der Waals surface area contributed by atoms with Gasteiger partial charge in [-0.3, -0.25) is 14.9 Å². The average Bonchev–Trinajstić information content (AvgIpc) is 2.47. The van der Waals surface area contributed by atoms with Crippen LogP contribution in [0.5, 0.6) is 0 Å². The number of nitro benzene ring substituents is 1. The molecule has 6 nitrogen and oxygen atoms in total. The molecular weight excluding hydrogens is 282 g/mol. The van der Waals surface area contributed by atoms with Crippen molar-refractivity contribution in [1.29, 1.82) is 0 Å². The van der Waals surface area contributed by atoms with E-state index in [1.165, 1.54) is 12.1 Å². The quantitative estimate of drug-likeness (QED) is 0.560. The van der Waals surface area contributed by atoms with Crippen molar-refractivity contribution in [3.8, 4) is 0 Å². The van der Waals surface area contributed by atoms with Gasteiger partial charge in [0.05, 0.1) is 10.6 Å². The lowest BCUT2D eigenvalue weighted by Gasteiger charge is -2.20. The van der Waals surface area contributed by atoms with E-state index in [0.717, 1.165) is 31.5 Å². The molecule has 1 N–H and O–H groups in total. The average molecular weight is 307 g/mol. The SMILES string of the molecule is CCCN(CCC)CCC(=O)Nc1cc([N+](=O)[O-])ccc1C. The number of carbonyl (C=O) groups excluding carboxylic acids is 1. The molecule has 0 heterocycles. The molecule has 0 atom stereocenters. The molecule has 0 spiro atoms. The van der Waals surface area contributed by atoms with Gasteiger partial charge in [0.2, 0.25) is 5.91 Å². The Balaban J connectivity index is 2.61. The van der Waals surface area contributed by atoms with E-state index in [-0.39, 0.29) is 11.6 Å². The molecule has 1 amide bonds. The number of amides is 1. The molecule has 6 heteroatoms. The first-order valence-electron chi connectivity index (χ1n) is 7.75. The normalized spacial score (nSPS) is 10.7. The topological polar surface area (TPSA) is 75.5 Å². The predicted molar refractivity (Wildman–Crippen MR) is 88.1 cm³/mol. The van der Waals surface area contributed by atoms with Crippen LogP contribution in [0.1, 0.15) is 38.7 Å². The van der Waals surface area contributed by atoms with Crippen molar-refractivity contribution in [3.05, 3.63) is 33.9 Å². The van der Waals surface area contributed by atoms with Gasteiger partial charge in [-0.15, -0.1) is 0 Å². The highest BCUT2D eigenvalue weighted by molar-refractivity contribution is 5.92. The van der Waals surface area contributed by atoms with Crippen LogP contribution < -0.4 is 5.32 Å². The zero-order valence-corrected chi connectivity index (χ0v) is 13.6.